The van der Waals surface area contributed by atoms with Crippen molar-refractivity contribution in [3.05, 3.63) is 105 Å². The first kappa shape index (κ1) is 47.7. The van der Waals surface area contributed by atoms with E-state index in [0.29, 0.717) is 32.6 Å². The molecular formula is C40H37Cl3FN7O11S. The maximum atomic E-state index is 14.3. The monoisotopic (exact) mass is 947 g/mol. The number of anilines is 2. The zero-order chi connectivity index (χ0) is 46.0. The molecule has 1 aliphatic carbocycles. The van der Waals surface area contributed by atoms with Crippen molar-refractivity contribution < 1.29 is 56.0 Å². The van der Waals surface area contributed by atoms with E-state index in [1.54, 1.807) is 57.3 Å². The number of benzene rings is 3. The molecule has 1 saturated heterocycles. The fraction of sp³-hybridized carbons (Fsp3) is 0.250. The number of fused-ring (bicyclic) bond motifs is 1. The second-order valence-electron chi connectivity index (χ2n) is 13.4. The summed E-state index contributed by atoms with van der Waals surface area (Å²) >= 11 is 17.8. The van der Waals surface area contributed by atoms with Crippen LogP contribution in [0.2, 0.25) is 15.1 Å². The third-order valence-electron chi connectivity index (χ3n) is 8.58. The van der Waals surface area contributed by atoms with Crippen LogP contribution in [0.3, 0.4) is 0 Å². The van der Waals surface area contributed by atoms with Gasteiger partial charge in [-0.1, -0.05) is 46.9 Å². The number of nitrogens with zero attached hydrogens (tertiary/aromatic N) is 5. The number of hydrogen-bond donors (Lipinski definition) is 3. The summed E-state index contributed by atoms with van der Waals surface area (Å²) < 4.78 is 61.0. The number of aliphatic carboxylic acids is 1. The number of aromatic nitrogens is 4. The van der Waals surface area contributed by atoms with Crippen LogP contribution in [0.5, 0.6) is 17.5 Å². The first-order valence-electron chi connectivity index (χ1n) is 18.5. The molecule has 1 aliphatic heterocycles. The van der Waals surface area contributed by atoms with E-state index >= 15 is 0 Å². The van der Waals surface area contributed by atoms with Crippen molar-refractivity contribution in [3.8, 4) is 17.5 Å². The molecule has 7 rings (SSSR count). The van der Waals surface area contributed by atoms with E-state index in [4.69, 9.17) is 58.9 Å². The molecule has 18 nitrogen and oxygen atoms in total. The Balaban J connectivity index is 0.000000182. The molecular weight excluding hydrogens is 912 g/mol. The quantitative estimate of drug-likeness (QED) is 0.112. The lowest BCUT2D eigenvalue weighted by Gasteiger charge is -2.18. The summed E-state index contributed by atoms with van der Waals surface area (Å²) in [6, 6.07) is 13.8. The Morgan fingerprint density at radius 2 is 1.67 bits per heavy atom. The molecule has 0 bridgehead atoms. The van der Waals surface area contributed by atoms with Crippen molar-refractivity contribution in [2.75, 3.05) is 23.9 Å². The Labute approximate surface area is 374 Å². The van der Waals surface area contributed by atoms with Gasteiger partial charge in [-0.3, -0.25) is 15.1 Å². The zero-order valence-corrected chi connectivity index (χ0v) is 36.7. The van der Waals surface area contributed by atoms with E-state index in [9.17, 15) is 32.0 Å². The fourth-order valence-corrected chi connectivity index (χ4v) is 7.63. The Kier molecular flexibility index (Phi) is 16.0. The molecule has 0 spiro atoms. The molecule has 332 valence electrons. The Morgan fingerprint density at radius 1 is 0.952 bits per heavy atom. The number of urea groups is 1. The minimum atomic E-state index is -4.13. The number of carbonyl (C=O) groups is 4. The van der Waals surface area contributed by atoms with E-state index in [0.717, 1.165) is 37.1 Å². The van der Waals surface area contributed by atoms with E-state index in [2.05, 4.69) is 25.3 Å². The highest BCUT2D eigenvalue weighted by atomic mass is 35.5. The third kappa shape index (κ3) is 12.4. The van der Waals surface area contributed by atoms with E-state index < -0.39 is 46.4 Å². The molecule has 3 heterocycles. The Hall–Kier alpha value is -6.35. The number of imide groups is 1. The van der Waals surface area contributed by atoms with Gasteiger partial charge in [0.1, 0.15) is 33.6 Å². The number of carboxylic acid groups (broad SMARTS) is 1. The lowest BCUT2D eigenvalue weighted by atomic mass is 10.2. The van der Waals surface area contributed by atoms with Crippen molar-refractivity contribution in [2.45, 2.75) is 57.5 Å². The second kappa shape index (κ2) is 21.1. The van der Waals surface area contributed by atoms with Crippen LogP contribution in [0, 0.1) is 12.7 Å². The van der Waals surface area contributed by atoms with Crippen LogP contribution < -0.4 is 29.1 Å². The number of carbonyl (C=O) groups excluding carboxylic acids is 3. The summed E-state index contributed by atoms with van der Waals surface area (Å²) in [5.74, 6) is -1.80. The molecule has 23 heteroatoms. The number of carboxylic acids is 1. The highest BCUT2D eigenvalue weighted by molar-refractivity contribution is 7.90. The van der Waals surface area contributed by atoms with Gasteiger partial charge >= 0.3 is 30.0 Å². The van der Waals surface area contributed by atoms with Gasteiger partial charge in [-0.15, -0.1) is 0 Å². The molecule has 63 heavy (non-hydrogen) atoms. The Bertz CT molecular complexity index is 2700. The standard InChI is InChI=1S/C17H17ClFNO4.C12H12ClN5O4S.C11H8ClNO3/c1-9(2)15-16(21)20(17(22)24-15)13-8-14(11(18)7-12(13)19)23-10-5-3-4-6-10;1-7-14-10(17-12(15-7)22-2)16-11(19)18-23(20,21)9-6-4-3-5-8(9)13;12-8-3-4-9(16-6-10(14)15)11-7(8)2-1-5-13-11/h7-8,10H,3-6H2,1-2H3;3-6H,1-2H3,(H2,14,15,16,17,18,19);1-5H,6H2,(H,14,15). The predicted molar refractivity (Wildman–Crippen MR) is 228 cm³/mol. The first-order valence-corrected chi connectivity index (χ1v) is 21.1. The molecule has 0 atom stereocenters. The molecule has 2 aliphatic rings. The number of aryl methyl sites for hydroxylation is 1. The van der Waals surface area contributed by atoms with Crippen LogP contribution in [-0.2, 0) is 24.3 Å². The van der Waals surface area contributed by atoms with Crippen LogP contribution in [0.4, 0.5) is 25.6 Å². The predicted octanol–water partition coefficient (Wildman–Crippen LogP) is 8.28. The van der Waals surface area contributed by atoms with Gasteiger partial charge in [0.05, 0.1) is 34.0 Å². The molecule has 4 amide bonds. The number of hydrogen-bond acceptors (Lipinski definition) is 14. The SMILES string of the molecule is CC(C)=C1OC(=O)N(c2cc(OC3CCCC3)c(Cl)cc2F)C1=O.COc1nc(C)nc(NC(=O)NS(=O)(=O)c2ccccc2Cl)n1.O=C(O)COc1ccc(Cl)c2cccnc12. The normalized spacial score (nSPS) is 13.6. The molecule has 3 aromatic carbocycles. The number of ether oxygens (including phenoxy) is 4. The van der Waals surface area contributed by atoms with E-state index in [1.165, 1.54) is 31.4 Å². The number of rotatable bonds is 10. The topological polar surface area (TPSA) is 238 Å². The molecule has 1 saturated carbocycles. The van der Waals surface area contributed by atoms with Gasteiger partial charge in [0.15, 0.2) is 12.4 Å². The van der Waals surface area contributed by atoms with Crippen molar-refractivity contribution in [1.82, 2.24) is 24.7 Å². The van der Waals surface area contributed by atoms with Gasteiger partial charge in [0, 0.05) is 17.6 Å². The molecule has 2 aromatic heterocycles. The molecule has 3 N–H and O–H groups in total. The average molecular weight is 949 g/mol. The number of pyridine rings is 1. The van der Waals surface area contributed by atoms with Gasteiger partial charge in [0.25, 0.3) is 10.0 Å². The summed E-state index contributed by atoms with van der Waals surface area (Å²) in [6.45, 7) is 4.44. The number of nitrogens with one attached hydrogen (secondary N) is 2. The number of cyclic esters (lactones) is 1. The summed E-state index contributed by atoms with van der Waals surface area (Å²) in [5.41, 5.74) is 0.877. The summed E-state index contributed by atoms with van der Waals surface area (Å²) in [5, 5.41) is 12.1. The van der Waals surface area contributed by atoms with Gasteiger partial charge in [-0.25, -0.2) is 36.8 Å². The van der Waals surface area contributed by atoms with E-state index in [1.807, 2.05) is 4.72 Å². The van der Waals surface area contributed by atoms with Crippen LogP contribution >= 0.6 is 34.8 Å². The minimum Gasteiger partial charge on any atom is -0.489 e. The third-order valence-corrected chi connectivity index (χ3v) is 11.0. The highest BCUT2D eigenvalue weighted by Crippen LogP contribution is 2.38. The maximum absolute atomic E-state index is 14.3. The summed E-state index contributed by atoms with van der Waals surface area (Å²) in [4.78, 5) is 62.6. The van der Waals surface area contributed by atoms with Crippen LogP contribution in [-0.4, -0.2) is 77.3 Å². The molecule has 2 fully saturated rings. The largest absolute Gasteiger partial charge is 0.489 e. The molecule has 5 aromatic rings. The summed E-state index contributed by atoms with van der Waals surface area (Å²) in [7, 11) is -2.78. The summed E-state index contributed by atoms with van der Waals surface area (Å²) in [6.07, 6.45) is 4.60. The number of amides is 4. The fourth-order valence-electron chi connectivity index (χ4n) is 5.79. The van der Waals surface area contributed by atoms with Crippen molar-refractivity contribution in [2.24, 2.45) is 0 Å². The van der Waals surface area contributed by atoms with Crippen molar-refractivity contribution in [1.29, 1.82) is 0 Å². The van der Waals surface area contributed by atoms with Gasteiger partial charge in [-0.05, 0) is 94.5 Å². The molecule has 0 radical (unpaired) electrons. The van der Waals surface area contributed by atoms with Crippen LogP contribution in [0.25, 0.3) is 10.9 Å². The van der Waals surface area contributed by atoms with Gasteiger partial charge < -0.3 is 24.1 Å². The Morgan fingerprint density at radius 3 is 2.32 bits per heavy atom. The lowest BCUT2D eigenvalue weighted by Crippen LogP contribution is -2.35. The van der Waals surface area contributed by atoms with Gasteiger partial charge in [-0.2, -0.15) is 15.0 Å². The molecule has 0 unspecified atom stereocenters. The van der Waals surface area contributed by atoms with Crippen molar-refractivity contribution >= 4 is 91.4 Å². The van der Waals surface area contributed by atoms with Crippen LogP contribution in [0.15, 0.2) is 83.1 Å². The number of halogens is 4. The number of sulfonamides is 1. The van der Waals surface area contributed by atoms with Gasteiger partial charge in [0.2, 0.25) is 5.95 Å². The van der Waals surface area contributed by atoms with Crippen molar-refractivity contribution in [3.63, 3.8) is 0 Å². The first-order chi connectivity index (χ1) is 29.9. The highest BCUT2D eigenvalue weighted by Gasteiger charge is 2.40. The van der Waals surface area contributed by atoms with E-state index in [-0.39, 0.29) is 50.2 Å². The minimum absolute atomic E-state index is 0.00882. The number of methoxy groups -OCH3 is 1. The second-order valence-corrected chi connectivity index (χ2v) is 16.3. The zero-order valence-electron chi connectivity index (χ0n) is 33.6. The number of allylic oxidation sites excluding steroid dienone is 1. The average Bonchev–Trinajstić information content (AvgIpc) is 3.85. The smallest absolute Gasteiger partial charge is 0.427 e. The maximum Gasteiger partial charge on any atom is 0.427 e. The lowest BCUT2D eigenvalue weighted by molar-refractivity contribution is -0.139. The van der Waals surface area contributed by atoms with Crippen LogP contribution in [0.1, 0.15) is 45.4 Å².